The first-order valence-corrected chi connectivity index (χ1v) is 10.7. The summed E-state index contributed by atoms with van der Waals surface area (Å²) in [5.74, 6) is -0.0550. The molecular weight excluding hydrogens is 403 g/mol. The number of hydrogen-bond acceptors (Lipinski definition) is 4. The van der Waals surface area contributed by atoms with Crippen molar-refractivity contribution in [2.45, 2.75) is 18.7 Å². The number of aryl methyl sites for hydroxylation is 2. The third kappa shape index (κ3) is 4.11. The van der Waals surface area contributed by atoms with Crippen molar-refractivity contribution in [2.75, 3.05) is 4.72 Å². The van der Waals surface area contributed by atoms with Gasteiger partial charge in [-0.1, -0.05) is 12.1 Å². The molecule has 7 heteroatoms. The predicted molar refractivity (Wildman–Crippen MR) is 114 cm³/mol. The molecule has 1 heterocycles. The lowest BCUT2D eigenvalue weighted by Gasteiger charge is -2.08. The number of anilines is 1. The van der Waals surface area contributed by atoms with Crippen LogP contribution in [-0.4, -0.2) is 13.4 Å². The second kappa shape index (κ2) is 7.76. The Morgan fingerprint density at radius 3 is 2.20 bits per heavy atom. The smallest absolute Gasteiger partial charge is 0.261 e. The van der Waals surface area contributed by atoms with Gasteiger partial charge >= 0.3 is 0 Å². The van der Waals surface area contributed by atoms with Crippen LogP contribution in [0.3, 0.4) is 0 Å². The molecule has 0 atom stereocenters. The lowest BCUT2D eigenvalue weighted by molar-refractivity contribution is 0.575. The van der Waals surface area contributed by atoms with E-state index >= 15 is 0 Å². The highest BCUT2D eigenvalue weighted by molar-refractivity contribution is 7.92. The zero-order valence-corrected chi connectivity index (χ0v) is 17.2. The monoisotopic (exact) mass is 422 g/mol. The van der Waals surface area contributed by atoms with Gasteiger partial charge in [0.2, 0.25) is 5.89 Å². The Hall–Kier alpha value is -3.45. The quantitative estimate of drug-likeness (QED) is 0.457. The van der Waals surface area contributed by atoms with Crippen LogP contribution >= 0.6 is 0 Å². The molecule has 0 radical (unpaired) electrons. The molecule has 0 aliphatic heterocycles. The Balaban J connectivity index is 1.53. The summed E-state index contributed by atoms with van der Waals surface area (Å²) in [7, 11) is -3.80. The fourth-order valence-electron chi connectivity index (χ4n) is 2.95. The van der Waals surface area contributed by atoms with Crippen LogP contribution in [0.5, 0.6) is 0 Å². The van der Waals surface area contributed by atoms with Crippen LogP contribution in [0.4, 0.5) is 10.1 Å². The summed E-state index contributed by atoms with van der Waals surface area (Å²) >= 11 is 0. The van der Waals surface area contributed by atoms with Gasteiger partial charge in [-0.3, -0.25) is 4.72 Å². The standard InChI is InChI=1S/C23H19FN2O3S/c1-15-3-4-18(13-16(15)2)22-14-29-23(25-22)17-5-9-20(10-6-17)26-30(27,28)21-11-7-19(24)8-12-21/h3-14,26H,1-2H3. The SMILES string of the molecule is Cc1ccc(-c2coc(-c3ccc(NS(=O)(=O)c4ccc(F)cc4)cc3)n2)cc1C. The first-order chi connectivity index (χ1) is 14.3. The van der Waals surface area contributed by atoms with E-state index in [2.05, 4.69) is 22.7 Å². The van der Waals surface area contributed by atoms with E-state index in [0.29, 0.717) is 11.6 Å². The zero-order chi connectivity index (χ0) is 21.3. The number of benzene rings is 3. The Labute approximate surface area is 174 Å². The molecule has 3 aromatic carbocycles. The van der Waals surface area contributed by atoms with E-state index in [-0.39, 0.29) is 4.90 Å². The molecule has 30 heavy (non-hydrogen) atoms. The van der Waals surface area contributed by atoms with Crippen molar-refractivity contribution in [3.05, 3.63) is 89.9 Å². The van der Waals surface area contributed by atoms with E-state index < -0.39 is 15.8 Å². The molecule has 4 aromatic rings. The van der Waals surface area contributed by atoms with Crippen LogP contribution in [0.15, 0.2) is 82.3 Å². The van der Waals surface area contributed by atoms with E-state index in [0.717, 1.165) is 29.0 Å². The Morgan fingerprint density at radius 2 is 1.53 bits per heavy atom. The van der Waals surface area contributed by atoms with Crippen LogP contribution in [0.25, 0.3) is 22.7 Å². The van der Waals surface area contributed by atoms with Crippen molar-refractivity contribution in [3.8, 4) is 22.7 Å². The molecular formula is C23H19FN2O3S. The number of sulfonamides is 1. The second-order valence-electron chi connectivity index (χ2n) is 6.97. The molecule has 5 nitrogen and oxygen atoms in total. The van der Waals surface area contributed by atoms with Gasteiger partial charge in [-0.15, -0.1) is 0 Å². The number of hydrogen-bond donors (Lipinski definition) is 1. The molecule has 1 N–H and O–H groups in total. The lowest BCUT2D eigenvalue weighted by atomic mass is 10.1. The van der Waals surface area contributed by atoms with Gasteiger partial charge in [-0.25, -0.2) is 17.8 Å². The van der Waals surface area contributed by atoms with Gasteiger partial charge in [0.05, 0.1) is 4.90 Å². The van der Waals surface area contributed by atoms with Crippen LogP contribution < -0.4 is 4.72 Å². The molecule has 0 spiro atoms. The highest BCUT2D eigenvalue weighted by atomic mass is 32.2. The Bertz CT molecular complexity index is 1300. The maximum atomic E-state index is 13.0. The summed E-state index contributed by atoms with van der Waals surface area (Å²) in [5.41, 5.74) is 5.18. The highest BCUT2D eigenvalue weighted by Crippen LogP contribution is 2.27. The number of oxazole rings is 1. The summed E-state index contributed by atoms with van der Waals surface area (Å²) in [6.07, 6.45) is 1.60. The highest BCUT2D eigenvalue weighted by Gasteiger charge is 2.15. The third-order valence-electron chi connectivity index (χ3n) is 4.81. The fraction of sp³-hybridized carbons (Fsp3) is 0.0870. The Kier molecular flexibility index (Phi) is 5.13. The minimum atomic E-state index is -3.80. The van der Waals surface area contributed by atoms with E-state index in [1.54, 1.807) is 30.5 Å². The van der Waals surface area contributed by atoms with Gasteiger partial charge in [0.15, 0.2) is 0 Å². The van der Waals surface area contributed by atoms with Crippen molar-refractivity contribution < 1.29 is 17.2 Å². The number of rotatable bonds is 5. The molecule has 4 rings (SSSR count). The first-order valence-electron chi connectivity index (χ1n) is 9.24. The maximum Gasteiger partial charge on any atom is 0.261 e. The van der Waals surface area contributed by atoms with E-state index in [4.69, 9.17) is 4.42 Å². The Morgan fingerprint density at radius 1 is 0.867 bits per heavy atom. The third-order valence-corrected chi connectivity index (χ3v) is 6.21. The molecule has 152 valence electrons. The summed E-state index contributed by atoms with van der Waals surface area (Å²) in [6.45, 7) is 4.10. The van der Waals surface area contributed by atoms with Crippen LogP contribution in [-0.2, 0) is 10.0 Å². The molecule has 0 aliphatic rings. The lowest BCUT2D eigenvalue weighted by Crippen LogP contribution is -2.12. The minimum Gasteiger partial charge on any atom is -0.444 e. The van der Waals surface area contributed by atoms with Gasteiger partial charge in [0.1, 0.15) is 17.8 Å². The van der Waals surface area contributed by atoms with Crippen LogP contribution in [0, 0.1) is 19.7 Å². The molecule has 0 saturated heterocycles. The minimum absolute atomic E-state index is 0.0151. The van der Waals surface area contributed by atoms with Crippen molar-refractivity contribution >= 4 is 15.7 Å². The number of aromatic nitrogens is 1. The number of nitrogens with zero attached hydrogens (tertiary/aromatic N) is 1. The maximum absolute atomic E-state index is 13.0. The first kappa shape index (κ1) is 19.8. The summed E-state index contributed by atoms with van der Waals surface area (Å²) in [4.78, 5) is 4.53. The summed E-state index contributed by atoms with van der Waals surface area (Å²) in [6, 6.07) is 17.4. The van der Waals surface area contributed by atoms with Gasteiger partial charge in [0.25, 0.3) is 10.0 Å². The summed E-state index contributed by atoms with van der Waals surface area (Å²) < 4.78 is 45.9. The van der Waals surface area contributed by atoms with E-state index in [1.807, 2.05) is 19.1 Å². The van der Waals surface area contributed by atoms with Crippen LogP contribution in [0.1, 0.15) is 11.1 Å². The van der Waals surface area contributed by atoms with Gasteiger partial charge in [-0.05, 0) is 79.6 Å². The molecule has 0 fully saturated rings. The molecule has 0 aliphatic carbocycles. The fourth-order valence-corrected chi connectivity index (χ4v) is 4.01. The molecule has 0 unspecified atom stereocenters. The largest absolute Gasteiger partial charge is 0.444 e. The average molecular weight is 422 g/mol. The summed E-state index contributed by atoms with van der Waals surface area (Å²) in [5, 5.41) is 0. The average Bonchev–Trinajstić information content (AvgIpc) is 3.21. The van der Waals surface area contributed by atoms with Crippen molar-refractivity contribution in [1.29, 1.82) is 0 Å². The normalized spacial score (nSPS) is 11.4. The number of halogens is 1. The van der Waals surface area contributed by atoms with Crippen molar-refractivity contribution in [3.63, 3.8) is 0 Å². The number of nitrogens with one attached hydrogen (secondary N) is 1. The van der Waals surface area contributed by atoms with Gasteiger partial charge < -0.3 is 4.42 Å². The van der Waals surface area contributed by atoms with E-state index in [1.165, 1.54) is 23.3 Å². The zero-order valence-electron chi connectivity index (χ0n) is 16.4. The van der Waals surface area contributed by atoms with Crippen molar-refractivity contribution in [2.24, 2.45) is 0 Å². The van der Waals surface area contributed by atoms with Gasteiger partial charge in [-0.2, -0.15) is 0 Å². The van der Waals surface area contributed by atoms with Gasteiger partial charge in [0, 0.05) is 16.8 Å². The molecule has 0 amide bonds. The van der Waals surface area contributed by atoms with Crippen molar-refractivity contribution in [1.82, 2.24) is 4.98 Å². The predicted octanol–water partition coefficient (Wildman–Crippen LogP) is 5.57. The van der Waals surface area contributed by atoms with Crippen LogP contribution in [0.2, 0.25) is 0 Å². The molecule has 0 bridgehead atoms. The molecule has 0 saturated carbocycles. The second-order valence-corrected chi connectivity index (χ2v) is 8.66. The topological polar surface area (TPSA) is 72.2 Å². The van der Waals surface area contributed by atoms with E-state index in [9.17, 15) is 12.8 Å². The molecule has 1 aromatic heterocycles.